The van der Waals surface area contributed by atoms with E-state index < -0.39 is 13.5 Å². The number of benzene rings is 4. The smallest absolute Gasteiger partial charge is 0.395 e. The maximum absolute atomic E-state index is 12.4. The maximum atomic E-state index is 12.4. The normalized spacial score (nSPS) is 18.9. The summed E-state index contributed by atoms with van der Waals surface area (Å²) in [6.45, 7) is -0.0572. The van der Waals surface area contributed by atoms with Crippen LogP contribution >= 0.6 is 19.6 Å². The molecule has 2 aliphatic rings. The van der Waals surface area contributed by atoms with Crippen LogP contribution in [0.1, 0.15) is 6.23 Å². The van der Waals surface area contributed by atoms with Gasteiger partial charge in [0.2, 0.25) is 0 Å². The Morgan fingerprint density at radius 2 is 1.50 bits per heavy atom. The maximum Gasteiger partial charge on any atom is 0.584 e. The average Bonchev–Trinajstić information content (AvgIpc) is 3.37. The summed E-state index contributed by atoms with van der Waals surface area (Å²) in [6.07, 6.45) is 1.18. The molecular weight excluding hydrogens is 553 g/mol. The summed E-state index contributed by atoms with van der Waals surface area (Å²) in [7, 11) is -4.25. The van der Waals surface area contributed by atoms with E-state index in [0.717, 1.165) is 32.7 Å². The van der Waals surface area contributed by atoms with Gasteiger partial charge in [-0.2, -0.15) is 4.98 Å². The number of aliphatic hydroxyl groups is 1. The average molecular weight is 578 g/mol. The molecule has 0 unspecified atom stereocenters. The number of aliphatic hydroxyl groups excluding tert-OH is 1. The second-order valence-corrected chi connectivity index (χ2v) is 11.5. The highest BCUT2D eigenvalue weighted by molar-refractivity contribution is 8.00. The van der Waals surface area contributed by atoms with Gasteiger partial charge in [0.25, 0.3) is 0 Å². The molecule has 3 heterocycles. The van der Waals surface area contributed by atoms with Gasteiger partial charge in [0, 0.05) is 23.1 Å². The summed E-state index contributed by atoms with van der Waals surface area (Å²) in [5.41, 5.74) is 6.22. The van der Waals surface area contributed by atoms with Gasteiger partial charge in [-0.1, -0.05) is 60.7 Å². The van der Waals surface area contributed by atoms with E-state index in [1.54, 1.807) is 24.4 Å². The number of hydrogen-bond donors (Lipinski definition) is 3. The summed E-state index contributed by atoms with van der Waals surface area (Å²) >= 11 is 1.47. The lowest BCUT2D eigenvalue weighted by Gasteiger charge is -2.13. The predicted molar refractivity (Wildman–Crippen MR) is 154 cm³/mol. The predicted octanol–water partition coefficient (Wildman–Crippen LogP) is 4.94. The van der Waals surface area contributed by atoms with Gasteiger partial charge in [-0.3, -0.25) is 9.46 Å². The van der Waals surface area contributed by atoms with Gasteiger partial charge >= 0.3 is 13.5 Å². The summed E-state index contributed by atoms with van der Waals surface area (Å²) in [5.74, 6) is 1.51. The fourth-order valence-electron chi connectivity index (χ4n) is 4.77. The molecule has 0 bridgehead atoms. The number of thioether (sulfide) groups is 1. The fraction of sp³-hybridized carbons (Fsp3) is 0.143. The second kappa shape index (κ2) is 10.6. The SMILES string of the molecule is Nc1ccn([C@@H]2CS[C@H](CO)O2)c(=O)n1.O=P1(O)Oc2ccc3ccccc3c2-c2c(ccc3ccccc23)O1. The minimum atomic E-state index is -4.25. The molecular formula is C28H24N3O7PS. The number of rotatable bonds is 2. The topological polar surface area (TPSA) is 146 Å². The number of phosphoric ester groups is 1. The molecule has 0 saturated carbocycles. The third kappa shape index (κ3) is 5.05. The van der Waals surface area contributed by atoms with E-state index in [9.17, 15) is 14.3 Å². The van der Waals surface area contributed by atoms with Crippen molar-refractivity contribution in [3.8, 4) is 22.6 Å². The first-order chi connectivity index (χ1) is 19.3. The largest absolute Gasteiger partial charge is 0.584 e. The van der Waals surface area contributed by atoms with E-state index in [2.05, 4.69) is 4.98 Å². The van der Waals surface area contributed by atoms with Crippen LogP contribution in [0.5, 0.6) is 11.5 Å². The van der Waals surface area contributed by atoms with Crippen LogP contribution in [0.2, 0.25) is 0 Å². The molecule has 0 radical (unpaired) electrons. The van der Waals surface area contributed by atoms with Gasteiger partial charge in [0.15, 0.2) is 0 Å². The Morgan fingerprint density at radius 3 is 2.02 bits per heavy atom. The lowest BCUT2D eigenvalue weighted by molar-refractivity contribution is -0.00629. The van der Waals surface area contributed by atoms with E-state index >= 15 is 0 Å². The van der Waals surface area contributed by atoms with Crippen molar-refractivity contribution < 1.29 is 28.3 Å². The van der Waals surface area contributed by atoms with E-state index in [1.807, 2.05) is 60.7 Å². The number of nitrogens with zero attached hydrogens (tertiary/aromatic N) is 2. The van der Waals surface area contributed by atoms with E-state index in [4.69, 9.17) is 24.6 Å². The van der Waals surface area contributed by atoms with Crippen LogP contribution < -0.4 is 20.5 Å². The molecule has 10 nitrogen and oxygen atoms in total. The van der Waals surface area contributed by atoms with Crippen molar-refractivity contribution in [2.45, 2.75) is 11.7 Å². The van der Waals surface area contributed by atoms with Crippen molar-refractivity contribution >= 4 is 46.9 Å². The minimum Gasteiger partial charge on any atom is -0.395 e. The zero-order valence-electron chi connectivity index (χ0n) is 20.9. The number of ether oxygens (including phenoxy) is 1. The fourth-order valence-corrected chi connectivity index (χ4v) is 6.54. The summed E-state index contributed by atoms with van der Waals surface area (Å²) in [4.78, 5) is 25.1. The van der Waals surface area contributed by atoms with Gasteiger partial charge in [-0.15, -0.1) is 11.8 Å². The van der Waals surface area contributed by atoms with Crippen LogP contribution in [0.4, 0.5) is 5.82 Å². The lowest BCUT2D eigenvalue weighted by atomic mass is 9.92. The number of aromatic nitrogens is 2. The highest BCUT2D eigenvalue weighted by Gasteiger charge is 2.33. The Morgan fingerprint density at radius 1 is 0.925 bits per heavy atom. The molecule has 4 aromatic carbocycles. The molecule has 12 heteroatoms. The first kappa shape index (κ1) is 26.4. The molecule has 2 aliphatic heterocycles. The third-order valence-electron chi connectivity index (χ3n) is 6.50. The molecule has 1 fully saturated rings. The van der Waals surface area contributed by atoms with Crippen LogP contribution in [0.15, 0.2) is 89.9 Å². The number of nitrogen functional groups attached to an aromatic ring is 1. The Balaban J connectivity index is 0.000000165. The molecule has 0 spiro atoms. The van der Waals surface area contributed by atoms with Gasteiger partial charge in [-0.05, 0) is 39.7 Å². The Hall–Kier alpha value is -3.86. The molecule has 2 atom stereocenters. The number of nitrogens with two attached hydrogens (primary N) is 1. The van der Waals surface area contributed by atoms with Crippen molar-refractivity contribution in [1.29, 1.82) is 0 Å². The molecule has 0 aliphatic carbocycles. The molecule has 40 heavy (non-hydrogen) atoms. The first-order valence-corrected chi connectivity index (χ1v) is 14.9. The highest BCUT2D eigenvalue weighted by Crippen LogP contribution is 2.56. The van der Waals surface area contributed by atoms with Crippen molar-refractivity contribution in [3.63, 3.8) is 0 Å². The zero-order valence-corrected chi connectivity index (χ0v) is 22.6. The summed E-state index contributed by atoms with van der Waals surface area (Å²) in [6, 6.07) is 24.5. The minimum absolute atomic E-state index is 0.0572. The highest BCUT2D eigenvalue weighted by atomic mass is 32.2. The lowest BCUT2D eigenvalue weighted by Crippen LogP contribution is -2.28. The van der Waals surface area contributed by atoms with Crippen LogP contribution in [0.25, 0.3) is 32.7 Å². The Bertz CT molecular complexity index is 1760. The van der Waals surface area contributed by atoms with Crippen molar-refractivity contribution in [2.24, 2.45) is 0 Å². The Labute approximate surface area is 232 Å². The van der Waals surface area contributed by atoms with Crippen LogP contribution in [0.3, 0.4) is 0 Å². The number of phosphoric acid groups is 1. The monoisotopic (exact) mass is 577 g/mol. The Kier molecular flexibility index (Phi) is 6.99. The molecule has 0 amide bonds. The van der Waals surface area contributed by atoms with Crippen molar-refractivity contribution in [3.05, 3.63) is 95.5 Å². The molecule has 5 aromatic rings. The van der Waals surface area contributed by atoms with Gasteiger partial charge < -0.3 is 24.6 Å². The van der Waals surface area contributed by atoms with Gasteiger partial charge in [0.1, 0.15) is 29.0 Å². The quantitative estimate of drug-likeness (QED) is 0.247. The number of hydrogen-bond acceptors (Lipinski definition) is 9. The van der Waals surface area contributed by atoms with Crippen molar-refractivity contribution in [2.75, 3.05) is 18.1 Å². The van der Waals surface area contributed by atoms with E-state index in [-0.39, 0.29) is 24.1 Å². The van der Waals surface area contributed by atoms with Crippen LogP contribution in [-0.2, 0) is 9.30 Å². The third-order valence-corrected chi connectivity index (χ3v) is 8.47. The second-order valence-electron chi connectivity index (χ2n) is 9.05. The molecule has 1 saturated heterocycles. The first-order valence-electron chi connectivity index (χ1n) is 12.3. The van der Waals surface area contributed by atoms with Crippen molar-refractivity contribution in [1.82, 2.24) is 9.55 Å². The molecule has 204 valence electrons. The summed E-state index contributed by atoms with van der Waals surface area (Å²) < 4.78 is 29.9. The standard InChI is InChI=1S/C20H13O4P.C8H11N3O3S/c21-25(22)23-17-11-9-13-5-1-3-7-15(13)19(17)20-16-8-4-2-6-14(16)10-12-18(20)24-25;9-5-1-2-11(8(13)10-5)6-4-15-7(3-12)14-6/h1-12H,(H,21,22);1-2,6-7,12H,3-4H2,(H2,9,10,13)/t;6-,7+/m.0/s1. The number of fused-ring (bicyclic) bond motifs is 7. The summed E-state index contributed by atoms with van der Waals surface area (Å²) in [5, 5.41) is 12.8. The zero-order chi connectivity index (χ0) is 27.9. The van der Waals surface area contributed by atoms with Gasteiger partial charge in [-0.25, -0.2) is 9.36 Å². The van der Waals surface area contributed by atoms with Gasteiger partial charge in [0.05, 0.1) is 6.61 Å². The van der Waals surface area contributed by atoms with E-state index in [0.29, 0.717) is 17.3 Å². The molecule has 7 rings (SSSR count). The number of anilines is 1. The molecule has 1 aromatic heterocycles. The van der Waals surface area contributed by atoms with Crippen LogP contribution in [-0.4, -0.2) is 37.3 Å². The van der Waals surface area contributed by atoms with Crippen LogP contribution in [0, 0.1) is 0 Å². The molecule has 4 N–H and O–H groups in total. The van der Waals surface area contributed by atoms with E-state index in [1.165, 1.54) is 16.3 Å².